The Morgan fingerprint density at radius 3 is 2.70 bits per heavy atom. The van der Waals surface area contributed by atoms with Crippen LogP contribution >= 0.6 is 0 Å². The van der Waals surface area contributed by atoms with Gasteiger partial charge in [0.25, 0.3) is 0 Å². The van der Waals surface area contributed by atoms with E-state index in [1.165, 1.54) is 11.1 Å². The van der Waals surface area contributed by atoms with Gasteiger partial charge in [0.05, 0.1) is 13.2 Å². The van der Waals surface area contributed by atoms with Crippen molar-refractivity contribution in [3.05, 3.63) is 58.7 Å². The highest BCUT2D eigenvalue weighted by atomic mass is 16.5. The van der Waals surface area contributed by atoms with Gasteiger partial charge in [-0.2, -0.15) is 0 Å². The standard InChI is InChI=1S/C26H29NO3/c1-26-10-9-14-16-11-19-23(30-2)13-18(16)21(12-17(14)20(26)7-8-24(26)29)27-25(19)15-5-3-4-6-22(15)28/h3-6,11,13-14,17,20,24-25,28-29H,7-10,12H2,1-2H3/t14-,17-,20+,24-,25?,26+/m1/s1. The molecule has 7 rings (SSSR count). The second-order valence-electron chi connectivity index (χ2n) is 9.94. The second-order valence-corrected chi connectivity index (χ2v) is 9.94. The van der Waals surface area contributed by atoms with E-state index in [2.05, 4.69) is 19.1 Å². The number of aromatic hydroxyl groups is 1. The Bertz CT molecular complexity index is 1060. The first-order valence-electron chi connectivity index (χ1n) is 11.3. The number of benzene rings is 2. The lowest BCUT2D eigenvalue weighted by atomic mass is 9.55. The molecule has 2 saturated carbocycles. The summed E-state index contributed by atoms with van der Waals surface area (Å²) < 4.78 is 5.77. The molecule has 0 aromatic heterocycles. The number of phenols is 1. The molecule has 2 N–H and O–H groups in total. The number of hydrogen-bond donors (Lipinski definition) is 2. The van der Waals surface area contributed by atoms with Crippen LogP contribution in [0.3, 0.4) is 0 Å². The van der Waals surface area contributed by atoms with E-state index in [0.717, 1.165) is 54.7 Å². The third-order valence-corrected chi connectivity index (χ3v) is 8.74. The molecular formula is C26H29NO3. The summed E-state index contributed by atoms with van der Waals surface area (Å²) in [7, 11) is 1.72. The van der Waals surface area contributed by atoms with E-state index in [1.807, 2.05) is 18.2 Å². The maximum Gasteiger partial charge on any atom is 0.125 e. The lowest BCUT2D eigenvalue weighted by molar-refractivity contribution is -0.0176. The van der Waals surface area contributed by atoms with E-state index in [-0.39, 0.29) is 23.3 Å². The van der Waals surface area contributed by atoms with Crippen molar-refractivity contribution >= 4 is 5.71 Å². The molecule has 1 unspecified atom stereocenters. The van der Waals surface area contributed by atoms with Crippen molar-refractivity contribution in [3.8, 4) is 11.5 Å². The third kappa shape index (κ3) is 2.34. The van der Waals surface area contributed by atoms with Crippen LogP contribution < -0.4 is 4.74 Å². The van der Waals surface area contributed by atoms with E-state index in [1.54, 1.807) is 13.2 Å². The lowest BCUT2D eigenvalue weighted by Crippen LogP contribution is -2.44. The quantitative estimate of drug-likeness (QED) is 0.744. The molecule has 3 aliphatic carbocycles. The first-order chi connectivity index (χ1) is 14.5. The number of aliphatic hydroxyl groups excluding tert-OH is 1. The van der Waals surface area contributed by atoms with Gasteiger partial charge in [0.1, 0.15) is 17.5 Å². The summed E-state index contributed by atoms with van der Waals surface area (Å²) in [6, 6.07) is 11.8. The fraction of sp³-hybridized carbons (Fsp3) is 0.500. The fourth-order valence-corrected chi connectivity index (χ4v) is 7.13. The third-order valence-electron chi connectivity index (χ3n) is 8.74. The summed E-state index contributed by atoms with van der Waals surface area (Å²) in [4.78, 5) is 5.23. The summed E-state index contributed by atoms with van der Waals surface area (Å²) in [5.41, 5.74) is 5.71. The first-order valence-corrected chi connectivity index (χ1v) is 11.3. The fourth-order valence-electron chi connectivity index (χ4n) is 7.13. The molecule has 0 radical (unpaired) electrons. The summed E-state index contributed by atoms with van der Waals surface area (Å²) in [6.45, 7) is 2.31. The molecule has 6 atom stereocenters. The number of para-hydroxylation sites is 1. The maximum absolute atomic E-state index is 10.7. The molecule has 0 saturated heterocycles. The zero-order valence-corrected chi connectivity index (χ0v) is 17.6. The molecule has 4 bridgehead atoms. The van der Waals surface area contributed by atoms with Crippen molar-refractivity contribution in [2.45, 2.75) is 57.1 Å². The molecule has 2 aliphatic heterocycles. The summed E-state index contributed by atoms with van der Waals surface area (Å²) >= 11 is 0. The van der Waals surface area contributed by atoms with Gasteiger partial charge in [-0.15, -0.1) is 0 Å². The minimum absolute atomic E-state index is 0.0459. The molecule has 0 spiro atoms. The average Bonchev–Trinajstić information content (AvgIpc) is 2.91. The van der Waals surface area contributed by atoms with Crippen LogP contribution in [0.15, 0.2) is 41.4 Å². The highest BCUT2D eigenvalue weighted by Gasteiger charge is 2.55. The van der Waals surface area contributed by atoms with Crippen LogP contribution in [0.2, 0.25) is 0 Å². The predicted molar refractivity (Wildman–Crippen MR) is 116 cm³/mol. The molecule has 2 aromatic rings. The van der Waals surface area contributed by atoms with Gasteiger partial charge in [-0.05, 0) is 79.0 Å². The highest BCUT2D eigenvalue weighted by Crippen LogP contribution is 2.62. The molecule has 2 aromatic carbocycles. The van der Waals surface area contributed by atoms with Gasteiger partial charge in [-0.1, -0.05) is 25.1 Å². The molecule has 4 heteroatoms. The molecule has 30 heavy (non-hydrogen) atoms. The van der Waals surface area contributed by atoms with Crippen molar-refractivity contribution in [2.75, 3.05) is 7.11 Å². The first kappa shape index (κ1) is 18.4. The second kappa shape index (κ2) is 6.34. The minimum atomic E-state index is -0.247. The highest BCUT2D eigenvalue weighted by molar-refractivity contribution is 6.05. The zero-order valence-electron chi connectivity index (χ0n) is 17.6. The topological polar surface area (TPSA) is 62.0 Å². The van der Waals surface area contributed by atoms with Crippen LogP contribution in [0, 0.1) is 17.3 Å². The number of nitrogens with zero attached hydrogens (tertiary/aromatic N) is 1. The number of fused-ring (bicyclic) bond motifs is 5. The molecule has 4 nitrogen and oxygen atoms in total. The summed E-state index contributed by atoms with van der Waals surface area (Å²) in [6.07, 6.45) is 5.05. The van der Waals surface area contributed by atoms with Crippen molar-refractivity contribution in [1.29, 1.82) is 0 Å². The van der Waals surface area contributed by atoms with Crippen LogP contribution in [-0.2, 0) is 0 Å². The molecule has 0 amide bonds. The number of hydrogen-bond acceptors (Lipinski definition) is 4. The van der Waals surface area contributed by atoms with Gasteiger partial charge in [0.15, 0.2) is 0 Å². The Kier molecular flexibility index (Phi) is 3.89. The SMILES string of the molecule is COc1cc2c3cc1C(c1ccccc1O)N=C2C[C@@H]1[C@@H]3CC[C@]2(C)[C@H](O)CC[C@@H]12. The van der Waals surface area contributed by atoms with E-state index in [0.29, 0.717) is 17.8 Å². The Morgan fingerprint density at radius 2 is 1.90 bits per heavy atom. The number of aliphatic hydroxyl groups is 1. The van der Waals surface area contributed by atoms with Crippen molar-refractivity contribution in [3.63, 3.8) is 0 Å². The van der Waals surface area contributed by atoms with E-state index < -0.39 is 0 Å². The Labute approximate surface area is 177 Å². The number of rotatable bonds is 2. The largest absolute Gasteiger partial charge is 0.508 e. The van der Waals surface area contributed by atoms with Crippen LogP contribution in [0.5, 0.6) is 11.5 Å². The Morgan fingerprint density at radius 1 is 1.07 bits per heavy atom. The van der Waals surface area contributed by atoms with E-state index >= 15 is 0 Å². The van der Waals surface area contributed by atoms with Gasteiger partial charge in [-0.25, -0.2) is 0 Å². The monoisotopic (exact) mass is 403 g/mol. The molecule has 2 fully saturated rings. The minimum Gasteiger partial charge on any atom is -0.508 e. The van der Waals surface area contributed by atoms with E-state index in [9.17, 15) is 10.2 Å². The molecule has 2 heterocycles. The average molecular weight is 404 g/mol. The smallest absolute Gasteiger partial charge is 0.125 e. The van der Waals surface area contributed by atoms with Crippen LogP contribution in [-0.4, -0.2) is 29.1 Å². The number of phenolic OH excluding ortho intramolecular Hbond substituents is 1. The van der Waals surface area contributed by atoms with Crippen LogP contribution in [0.25, 0.3) is 0 Å². The predicted octanol–water partition coefficient (Wildman–Crippen LogP) is 4.97. The zero-order chi connectivity index (χ0) is 20.6. The van der Waals surface area contributed by atoms with Gasteiger partial charge >= 0.3 is 0 Å². The Balaban J connectivity index is 1.52. The van der Waals surface area contributed by atoms with Crippen molar-refractivity contribution < 1.29 is 14.9 Å². The van der Waals surface area contributed by atoms with Crippen molar-refractivity contribution in [1.82, 2.24) is 0 Å². The normalized spacial score (nSPS) is 36.0. The molecule has 5 aliphatic rings. The van der Waals surface area contributed by atoms with Gasteiger partial charge in [-0.3, -0.25) is 4.99 Å². The Hall–Kier alpha value is -2.33. The van der Waals surface area contributed by atoms with E-state index in [4.69, 9.17) is 9.73 Å². The van der Waals surface area contributed by atoms with Crippen LogP contribution in [0.1, 0.15) is 73.2 Å². The lowest BCUT2D eigenvalue weighted by Gasteiger charge is -2.50. The summed E-state index contributed by atoms with van der Waals surface area (Å²) in [5, 5.41) is 21.3. The molecular weight excluding hydrogens is 374 g/mol. The van der Waals surface area contributed by atoms with Crippen LogP contribution in [0.4, 0.5) is 0 Å². The van der Waals surface area contributed by atoms with Crippen molar-refractivity contribution in [2.24, 2.45) is 22.2 Å². The maximum atomic E-state index is 10.7. The summed E-state index contributed by atoms with van der Waals surface area (Å²) in [5.74, 6) is 2.75. The van der Waals surface area contributed by atoms with Gasteiger partial charge in [0, 0.05) is 22.4 Å². The van der Waals surface area contributed by atoms with Gasteiger partial charge in [0.2, 0.25) is 0 Å². The molecule has 156 valence electrons. The van der Waals surface area contributed by atoms with Gasteiger partial charge < -0.3 is 14.9 Å². The number of ether oxygens (including phenoxy) is 1. The number of methoxy groups -OCH3 is 1. The number of aliphatic imine (C=N–C) groups is 1.